The van der Waals surface area contributed by atoms with Gasteiger partial charge in [0.15, 0.2) is 0 Å². The number of hydrogen-bond acceptors (Lipinski definition) is 5. The molecule has 2 amide bonds. The van der Waals surface area contributed by atoms with Crippen molar-refractivity contribution in [3.8, 4) is 0 Å². The van der Waals surface area contributed by atoms with Gasteiger partial charge in [-0.25, -0.2) is 4.98 Å². The lowest BCUT2D eigenvalue weighted by molar-refractivity contribution is -0.128. The number of hydrogen-bond donors (Lipinski definition) is 1. The first-order valence-corrected chi connectivity index (χ1v) is 9.26. The number of nitrogens with zero attached hydrogens (tertiary/aromatic N) is 2. The maximum atomic E-state index is 12.9. The molecule has 2 atom stereocenters. The van der Waals surface area contributed by atoms with E-state index in [2.05, 4.69) is 10.3 Å². The molecule has 1 saturated heterocycles. The van der Waals surface area contributed by atoms with Gasteiger partial charge in [0, 0.05) is 31.1 Å². The normalized spacial score (nSPS) is 26.8. The molecule has 126 valence electrons. The lowest BCUT2D eigenvalue weighted by Crippen LogP contribution is -2.51. The quantitative estimate of drug-likeness (QED) is 0.846. The molecule has 2 heterocycles. The Balaban J connectivity index is 1.85. The Morgan fingerprint density at radius 3 is 3.00 bits per heavy atom. The van der Waals surface area contributed by atoms with Crippen LogP contribution in [-0.2, 0) is 9.53 Å². The van der Waals surface area contributed by atoms with E-state index in [1.165, 1.54) is 11.3 Å². The Hall–Kier alpha value is -1.47. The lowest BCUT2D eigenvalue weighted by Gasteiger charge is -2.39. The average molecular weight is 337 g/mol. The first-order chi connectivity index (χ1) is 11.3. The van der Waals surface area contributed by atoms with Gasteiger partial charge in [-0.2, -0.15) is 0 Å². The van der Waals surface area contributed by atoms with Gasteiger partial charge in [-0.3, -0.25) is 9.59 Å². The maximum Gasteiger partial charge on any atom is 0.273 e. The monoisotopic (exact) mass is 337 g/mol. The topological polar surface area (TPSA) is 71.5 Å². The van der Waals surface area contributed by atoms with Gasteiger partial charge in [0.25, 0.3) is 5.91 Å². The molecular formula is C16H23N3O3S. The van der Waals surface area contributed by atoms with Gasteiger partial charge in [-0.05, 0) is 19.3 Å². The Bertz CT molecular complexity index is 535. The number of thiazole rings is 1. The summed E-state index contributed by atoms with van der Waals surface area (Å²) in [7, 11) is 0. The van der Waals surface area contributed by atoms with Crippen molar-refractivity contribution in [2.75, 3.05) is 26.3 Å². The summed E-state index contributed by atoms with van der Waals surface area (Å²) in [5.41, 5.74) is 2.16. The van der Waals surface area contributed by atoms with E-state index in [0.29, 0.717) is 32.0 Å². The fourth-order valence-electron chi connectivity index (χ4n) is 3.49. The summed E-state index contributed by atoms with van der Waals surface area (Å²) < 4.78 is 5.52. The number of fused-ring (bicyclic) bond motifs is 1. The van der Waals surface area contributed by atoms with Gasteiger partial charge in [0.1, 0.15) is 5.69 Å². The smallest absolute Gasteiger partial charge is 0.273 e. The Morgan fingerprint density at radius 2 is 2.17 bits per heavy atom. The van der Waals surface area contributed by atoms with Crippen LogP contribution >= 0.6 is 11.3 Å². The predicted octanol–water partition coefficient (Wildman–Crippen LogP) is 1.68. The molecule has 1 aliphatic heterocycles. The summed E-state index contributed by atoms with van der Waals surface area (Å²) in [5.74, 6) is -0.129. The fourth-order valence-corrected chi connectivity index (χ4v) is 4.02. The van der Waals surface area contributed by atoms with Crippen molar-refractivity contribution in [1.29, 1.82) is 0 Å². The Morgan fingerprint density at radius 1 is 1.30 bits per heavy atom. The third-order valence-electron chi connectivity index (χ3n) is 4.61. The molecule has 2 aliphatic rings. The summed E-state index contributed by atoms with van der Waals surface area (Å²) in [6.07, 6.45) is 4.62. The molecule has 0 bridgehead atoms. The molecule has 23 heavy (non-hydrogen) atoms. The van der Waals surface area contributed by atoms with E-state index in [4.69, 9.17) is 4.74 Å². The van der Waals surface area contributed by atoms with Crippen molar-refractivity contribution in [3.05, 3.63) is 16.6 Å². The first-order valence-electron chi connectivity index (χ1n) is 8.32. The number of carbonyl (C=O) groups is 2. The van der Waals surface area contributed by atoms with E-state index < -0.39 is 0 Å². The van der Waals surface area contributed by atoms with Crippen molar-refractivity contribution in [2.45, 2.75) is 38.1 Å². The Kier molecular flexibility index (Phi) is 5.61. The van der Waals surface area contributed by atoms with Gasteiger partial charge >= 0.3 is 0 Å². The van der Waals surface area contributed by atoms with Gasteiger partial charge in [0.2, 0.25) is 5.91 Å². The average Bonchev–Trinajstić information content (AvgIpc) is 3.10. The molecule has 0 aromatic carbocycles. The highest BCUT2D eigenvalue weighted by Gasteiger charge is 2.37. The fraction of sp³-hybridized carbons (Fsp3) is 0.688. The highest BCUT2D eigenvalue weighted by molar-refractivity contribution is 7.07. The minimum Gasteiger partial charge on any atom is -0.380 e. The van der Waals surface area contributed by atoms with Crippen LogP contribution in [0.2, 0.25) is 0 Å². The predicted molar refractivity (Wildman–Crippen MR) is 87.3 cm³/mol. The number of amides is 2. The molecule has 7 heteroatoms. The highest BCUT2D eigenvalue weighted by atomic mass is 32.1. The second-order valence-electron chi connectivity index (χ2n) is 6.09. The van der Waals surface area contributed by atoms with Gasteiger partial charge in [-0.15, -0.1) is 11.3 Å². The summed E-state index contributed by atoms with van der Waals surface area (Å²) in [5, 5.41) is 4.74. The van der Waals surface area contributed by atoms with Crippen LogP contribution in [0.3, 0.4) is 0 Å². The zero-order chi connectivity index (χ0) is 16.1. The van der Waals surface area contributed by atoms with E-state index >= 15 is 0 Å². The van der Waals surface area contributed by atoms with Crippen LogP contribution in [0.15, 0.2) is 10.9 Å². The van der Waals surface area contributed by atoms with Crippen LogP contribution in [0.5, 0.6) is 0 Å². The minimum atomic E-state index is -0.121. The van der Waals surface area contributed by atoms with E-state index in [1.54, 1.807) is 10.9 Å². The zero-order valence-corrected chi connectivity index (χ0v) is 14.0. The molecule has 6 nitrogen and oxygen atoms in total. The standard InChI is InChI=1S/C16H23N3O3S/c20-15-12-4-1-2-5-14(12)19(7-3-8-22-9-6-17-15)16(21)13-10-23-11-18-13/h10-12,14H,1-9H2,(H,17,20)/t12-,14+/m1/s1. The van der Waals surface area contributed by atoms with Crippen molar-refractivity contribution in [1.82, 2.24) is 15.2 Å². The third-order valence-corrected chi connectivity index (χ3v) is 5.20. The molecule has 1 aliphatic carbocycles. The van der Waals surface area contributed by atoms with Crippen molar-refractivity contribution >= 4 is 23.2 Å². The number of ether oxygens (including phenoxy) is 1. The van der Waals surface area contributed by atoms with Crippen LogP contribution < -0.4 is 5.32 Å². The van der Waals surface area contributed by atoms with E-state index in [9.17, 15) is 9.59 Å². The van der Waals surface area contributed by atoms with Crippen LogP contribution in [0.25, 0.3) is 0 Å². The third kappa shape index (κ3) is 3.90. The molecule has 0 spiro atoms. The lowest BCUT2D eigenvalue weighted by atomic mass is 9.82. The number of carbonyl (C=O) groups excluding carboxylic acids is 2. The van der Waals surface area contributed by atoms with Crippen molar-refractivity contribution in [3.63, 3.8) is 0 Å². The van der Waals surface area contributed by atoms with Crippen LogP contribution in [0.1, 0.15) is 42.6 Å². The van der Waals surface area contributed by atoms with Gasteiger partial charge in [-0.1, -0.05) is 12.8 Å². The Labute approximate surface area is 140 Å². The van der Waals surface area contributed by atoms with E-state index in [1.807, 2.05) is 4.90 Å². The molecule has 3 rings (SSSR count). The van der Waals surface area contributed by atoms with Crippen molar-refractivity contribution in [2.24, 2.45) is 5.92 Å². The van der Waals surface area contributed by atoms with Crippen LogP contribution in [-0.4, -0.2) is 54.0 Å². The van der Waals surface area contributed by atoms with E-state index in [-0.39, 0.29) is 23.8 Å². The number of nitrogens with one attached hydrogen (secondary N) is 1. The number of aromatic nitrogens is 1. The summed E-state index contributed by atoms with van der Waals surface area (Å²) >= 11 is 1.42. The number of rotatable bonds is 1. The van der Waals surface area contributed by atoms with E-state index in [0.717, 1.165) is 32.1 Å². The molecule has 0 radical (unpaired) electrons. The molecule has 0 unspecified atom stereocenters. The van der Waals surface area contributed by atoms with Gasteiger partial charge in [0.05, 0.1) is 18.0 Å². The zero-order valence-electron chi connectivity index (χ0n) is 13.2. The minimum absolute atomic E-state index is 0.0314. The van der Waals surface area contributed by atoms with Crippen LogP contribution in [0.4, 0.5) is 0 Å². The SMILES string of the molecule is O=C1NCCOCCCN(C(=O)c2cscn2)[C@H]2CCCC[C@@H]12. The first kappa shape index (κ1) is 16.4. The molecular weight excluding hydrogens is 314 g/mol. The maximum absolute atomic E-state index is 12.9. The largest absolute Gasteiger partial charge is 0.380 e. The molecule has 2 fully saturated rings. The summed E-state index contributed by atoms with van der Waals surface area (Å²) in [4.78, 5) is 31.4. The summed E-state index contributed by atoms with van der Waals surface area (Å²) in [6.45, 7) is 2.30. The molecule has 1 aromatic heterocycles. The molecule has 1 N–H and O–H groups in total. The van der Waals surface area contributed by atoms with Crippen LogP contribution in [0, 0.1) is 5.92 Å². The second-order valence-corrected chi connectivity index (χ2v) is 6.81. The highest BCUT2D eigenvalue weighted by Crippen LogP contribution is 2.30. The second kappa shape index (κ2) is 7.88. The summed E-state index contributed by atoms with van der Waals surface area (Å²) in [6, 6.07) is -0.0314. The molecule has 1 aromatic rings. The van der Waals surface area contributed by atoms with Gasteiger partial charge < -0.3 is 15.0 Å². The van der Waals surface area contributed by atoms with Crippen molar-refractivity contribution < 1.29 is 14.3 Å². The molecule has 1 saturated carbocycles.